The fraction of sp³-hybridized carbons (Fsp3) is 0.273. The van der Waals surface area contributed by atoms with E-state index in [9.17, 15) is 0 Å². The largest absolute Gasteiger partial charge is 0.0840 e. The molecule has 0 aliphatic heterocycles. The summed E-state index contributed by atoms with van der Waals surface area (Å²) in [5, 5.41) is 0.801. The molecular weight excluding hydrogens is 327 g/mol. The maximum atomic E-state index is 6.13. The fourth-order valence-electron chi connectivity index (χ4n) is 1.33. The van der Waals surface area contributed by atoms with Crippen molar-refractivity contribution in [2.24, 2.45) is 0 Å². The lowest BCUT2D eigenvalue weighted by Crippen LogP contribution is -2.14. The Balaban J connectivity index is 3.16. The normalized spacial score (nSPS) is 11.2. The molecule has 0 saturated heterocycles. The second-order valence-corrected chi connectivity index (χ2v) is 6.82. The molecule has 1 aromatic carbocycles. The van der Waals surface area contributed by atoms with Crippen molar-refractivity contribution in [1.82, 2.24) is 0 Å². The van der Waals surface area contributed by atoms with E-state index in [1.807, 2.05) is 24.3 Å². The summed E-state index contributed by atoms with van der Waals surface area (Å²) in [4.78, 5) is 0. The van der Waals surface area contributed by atoms with Crippen molar-refractivity contribution in [3.05, 3.63) is 44.3 Å². The molecule has 0 heterocycles. The summed E-state index contributed by atoms with van der Waals surface area (Å²) in [6.07, 6.45) is 2.08. The first kappa shape index (κ1) is 12.3. The summed E-state index contributed by atoms with van der Waals surface area (Å²) >= 11 is 12.9. The lowest BCUT2D eigenvalue weighted by Gasteiger charge is -2.22. The van der Waals surface area contributed by atoms with Gasteiger partial charge < -0.3 is 0 Å². The van der Waals surface area contributed by atoms with Crippen LogP contribution in [-0.4, -0.2) is 0 Å². The fourth-order valence-corrected chi connectivity index (χ4v) is 2.86. The van der Waals surface area contributed by atoms with Gasteiger partial charge in [0.05, 0.1) is 3.39 Å². The second kappa shape index (κ2) is 4.82. The first-order chi connectivity index (χ1) is 6.43. The highest BCUT2D eigenvalue weighted by molar-refractivity contribution is 9.28. The number of benzene rings is 1. The molecule has 1 rings (SSSR count). The highest BCUT2D eigenvalue weighted by Crippen LogP contribution is 2.33. The Kier molecular flexibility index (Phi) is 4.23. The summed E-state index contributed by atoms with van der Waals surface area (Å²) in [7, 11) is 0. The topological polar surface area (TPSA) is 0 Å². The van der Waals surface area contributed by atoms with Gasteiger partial charge in [-0.3, -0.25) is 0 Å². The van der Waals surface area contributed by atoms with Crippen molar-refractivity contribution in [2.75, 3.05) is 0 Å². The third-order valence-corrected chi connectivity index (χ3v) is 2.83. The van der Waals surface area contributed by atoms with Crippen LogP contribution in [0.1, 0.15) is 19.4 Å². The summed E-state index contributed by atoms with van der Waals surface area (Å²) in [5.41, 5.74) is 1.04. The highest BCUT2D eigenvalue weighted by atomic mass is 79.9. The van der Waals surface area contributed by atoms with E-state index in [1.54, 1.807) is 0 Å². The summed E-state index contributed by atoms with van der Waals surface area (Å²) in [5.74, 6) is 0. The van der Waals surface area contributed by atoms with Crippen LogP contribution in [0.4, 0.5) is 0 Å². The SMILES string of the molecule is CC(C)(C=C(Br)Br)c1ccccc1Cl. The molecule has 3 heteroatoms. The summed E-state index contributed by atoms with van der Waals surface area (Å²) in [6, 6.07) is 7.89. The molecule has 0 spiro atoms. The first-order valence-corrected chi connectivity index (χ1v) is 6.19. The zero-order valence-corrected chi connectivity index (χ0v) is 11.9. The zero-order chi connectivity index (χ0) is 10.8. The monoisotopic (exact) mass is 336 g/mol. The van der Waals surface area contributed by atoms with Gasteiger partial charge in [0, 0.05) is 10.4 Å². The van der Waals surface area contributed by atoms with Gasteiger partial charge >= 0.3 is 0 Å². The Bertz CT molecular complexity index is 352. The van der Waals surface area contributed by atoms with Crippen molar-refractivity contribution < 1.29 is 0 Å². The smallest absolute Gasteiger partial charge is 0.0573 e. The number of halogens is 3. The van der Waals surface area contributed by atoms with E-state index < -0.39 is 0 Å². The predicted molar refractivity (Wildman–Crippen MR) is 70.4 cm³/mol. The minimum absolute atomic E-state index is 0.0827. The minimum Gasteiger partial charge on any atom is -0.0840 e. The van der Waals surface area contributed by atoms with Gasteiger partial charge in [-0.1, -0.05) is 49.7 Å². The maximum Gasteiger partial charge on any atom is 0.0573 e. The summed E-state index contributed by atoms with van der Waals surface area (Å²) in [6.45, 7) is 4.24. The van der Waals surface area contributed by atoms with Gasteiger partial charge in [-0.15, -0.1) is 0 Å². The van der Waals surface area contributed by atoms with E-state index in [0.29, 0.717) is 0 Å². The third-order valence-electron chi connectivity index (χ3n) is 2.04. The molecule has 0 N–H and O–H groups in total. The van der Waals surface area contributed by atoms with Crippen LogP contribution < -0.4 is 0 Å². The van der Waals surface area contributed by atoms with Crippen LogP contribution in [-0.2, 0) is 5.41 Å². The Morgan fingerprint density at radius 1 is 1.29 bits per heavy atom. The van der Waals surface area contributed by atoms with Gasteiger partial charge in [0.25, 0.3) is 0 Å². The van der Waals surface area contributed by atoms with Crippen LogP contribution in [0.15, 0.2) is 33.7 Å². The third kappa shape index (κ3) is 3.11. The Hall–Kier alpha value is 0.210. The molecule has 0 radical (unpaired) electrons. The minimum atomic E-state index is -0.0827. The van der Waals surface area contributed by atoms with Crippen LogP contribution in [0, 0.1) is 0 Å². The van der Waals surface area contributed by atoms with Crippen molar-refractivity contribution in [3.8, 4) is 0 Å². The highest BCUT2D eigenvalue weighted by Gasteiger charge is 2.20. The van der Waals surface area contributed by atoms with E-state index in [4.69, 9.17) is 11.6 Å². The van der Waals surface area contributed by atoms with Crippen LogP contribution in [0.3, 0.4) is 0 Å². The average Bonchev–Trinajstić information content (AvgIpc) is 2.02. The Morgan fingerprint density at radius 3 is 2.36 bits per heavy atom. The maximum absolute atomic E-state index is 6.13. The van der Waals surface area contributed by atoms with Gasteiger partial charge in [-0.2, -0.15) is 0 Å². The van der Waals surface area contributed by atoms with E-state index >= 15 is 0 Å². The molecule has 0 unspecified atom stereocenters. The molecule has 0 aliphatic carbocycles. The predicted octanol–water partition coefficient (Wildman–Crippen LogP) is 5.25. The number of hydrogen-bond acceptors (Lipinski definition) is 0. The van der Waals surface area contributed by atoms with E-state index in [0.717, 1.165) is 14.0 Å². The van der Waals surface area contributed by atoms with Crippen molar-refractivity contribution in [3.63, 3.8) is 0 Å². The molecule has 0 saturated carbocycles. The van der Waals surface area contributed by atoms with Crippen LogP contribution in [0.25, 0.3) is 0 Å². The number of rotatable bonds is 2. The quantitative estimate of drug-likeness (QED) is 0.691. The van der Waals surface area contributed by atoms with Crippen LogP contribution >= 0.6 is 43.5 Å². The van der Waals surface area contributed by atoms with E-state index in [2.05, 4.69) is 51.8 Å². The molecule has 0 amide bonds. The average molecular weight is 338 g/mol. The van der Waals surface area contributed by atoms with Crippen LogP contribution in [0.5, 0.6) is 0 Å². The van der Waals surface area contributed by atoms with Gasteiger partial charge in [0.1, 0.15) is 0 Å². The zero-order valence-electron chi connectivity index (χ0n) is 8.02. The van der Waals surface area contributed by atoms with Gasteiger partial charge in [-0.05, 0) is 43.5 Å². The molecule has 14 heavy (non-hydrogen) atoms. The van der Waals surface area contributed by atoms with E-state index in [-0.39, 0.29) is 5.41 Å². The summed E-state index contributed by atoms with van der Waals surface area (Å²) < 4.78 is 0.940. The molecule has 0 atom stereocenters. The molecule has 0 fully saturated rings. The van der Waals surface area contributed by atoms with Gasteiger partial charge in [-0.25, -0.2) is 0 Å². The standard InChI is InChI=1S/C11H11Br2Cl/c1-11(2,7-10(12)13)8-5-3-4-6-9(8)14/h3-7H,1-2H3. The second-order valence-electron chi connectivity index (χ2n) is 3.64. The Morgan fingerprint density at radius 2 is 1.86 bits per heavy atom. The molecule has 76 valence electrons. The molecule has 1 aromatic rings. The van der Waals surface area contributed by atoms with Crippen LogP contribution in [0.2, 0.25) is 5.02 Å². The molecule has 0 bridgehead atoms. The lowest BCUT2D eigenvalue weighted by molar-refractivity contribution is 0.671. The number of allylic oxidation sites excluding steroid dienone is 1. The van der Waals surface area contributed by atoms with Gasteiger partial charge in [0.15, 0.2) is 0 Å². The van der Waals surface area contributed by atoms with Gasteiger partial charge in [0.2, 0.25) is 0 Å². The molecule has 0 aliphatic rings. The molecule has 0 aromatic heterocycles. The van der Waals surface area contributed by atoms with E-state index in [1.165, 1.54) is 0 Å². The first-order valence-electron chi connectivity index (χ1n) is 4.22. The molecular formula is C11H11Br2Cl. The molecule has 0 nitrogen and oxygen atoms in total. The Labute approximate surface area is 107 Å². The van der Waals surface area contributed by atoms with Crippen molar-refractivity contribution in [1.29, 1.82) is 0 Å². The van der Waals surface area contributed by atoms with Crippen molar-refractivity contribution in [2.45, 2.75) is 19.3 Å². The number of hydrogen-bond donors (Lipinski definition) is 0. The lowest BCUT2D eigenvalue weighted by atomic mass is 9.85. The van der Waals surface area contributed by atoms with Crippen molar-refractivity contribution >= 4 is 43.5 Å².